The van der Waals surface area contributed by atoms with Gasteiger partial charge in [-0.15, -0.1) is 0 Å². The lowest BCUT2D eigenvalue weighted by atomic mass is 9.62. The van der Waals surface area contributed by atoms with Crippen molar-refractivity contribution in [1.82, 2.24) is 0 Å². The van der Waals surface area contributed by atoms with Crippen LogP contribution >= 0.6 is 0 Å². The largest absolute Gasteiger partial charge is 0.507 e. The van der Waals surface area contributed by atoms with Crippen LogP contribution in [0.3, 0.4) is 0 Å². The van der Waals surface area contributed by atoms with Crippen LogP contribution in [-0.4, -0.2) is 30.5 Å². The molecule has 3 aliphatic rings. The summed E-state index contributed by atoms with van der Waals surface area (Å²) < 4.78 is 5.37. The maximum Gasteiger partial charge on any atom is 0.134 e. The molecule has 5 nitrogen and oxygen atoms in total. The van der Waals surface area contributed by atoms with Crippen LogP contribution in [0.25, 0.3) is 5.70 Å². The summed E-state index contributed by atoms with van der Waals surface area (Å²) >= 11 is 0. The highest BCUT2D eigenvalue weighted by molar-refractivity contribution is 6.00. The highest BCUT2D eigenvalue weighted by atomic mass is 16.5. The minimum atomic E-state index is 0.173. The van der Waals surface area contributed by atoms with Crippen molar-refractivity contribution >= 4 is 17.4 Å². The van der Waals surface area contributed by atoms with Crippen molar-refractivity contribution in [3.8, 4) is 5.75 Å². The lowest BCUT2D eigenvalue weighted by Gasteiger charge is -2.44. The van der Waals surface area contributed by atoms with Crippen LogP contribution in [0.15, 0.2) is 34.8 Å². The molecule has 0 aromatic heterocycles. The van der Waals surface area contributed by atoms with Crippen molar-refractivity contribution in [1.29, 1.82) is 0 Å². The summed E-state index contributed by atoms with van der Waals surface area (Å²) in [6.07, 6.45) is 12.3. The number of ether oxygens (including phenoxy) is 1. The Kier molecular flexibility index (Phi) is 11.7. The van der Waals surface area contributed by atoms with Gasteiger partial charge in [0.1, 0.15) is 17.4 Å². The van der Waals surface area contributed by atoms with E-state index in [1.165, 1.54) is 19.3 Å². The number of hydrogen-bond donors (Lipinski definition) is 2. The van der Waals surface area contributed by atoms with Gasteiger partial charge in [0.05, 0.1) is 5.70 Å². The molecule has 39 heavy (non-hydrogen) atoms. The maximum absolute atomic E-state index is 11.0. The van der Waals surface area contributed by atoms with Gasteiger partial charge in [-0.05, 0) is 92.2 Å². The Morgan fingerprint density at radius 1 is 1.13 bits per heavy atom. The Hall–Kier alpha value is -2.14. The van der Waals surface area contributed by atoms with E-state index in [1.807, 2.05) is 12.1 Å². The van der Waals surface area contributed by atoms with Gasteiger partial charge in [-0.3, -0.25) is 0 Å². The number of nitrogens with zero attached hydrogens (tertiary/aromatic N) is 2. The van der Waals surface area contributed by atoms with E-state index in [2.05, 4.69) is 47.3 Å². The summed E-state index contributed by atoms with van der Waals surface area (Å²) in [5.74, 6) is 3.94. The van der Waals surface area contributed by atoms with Gasteiger partial charge in [0.25, 0.3) is 0 Å². The average Bonchev–Trinajstić information content (AvgIpc) is 3.09. The molecule has 1 aromatic carbocycles. The molecule has 3 N–H and O–H groups in total. The summed E-state index contributed by atoms with van der Waals surface area (Å²) in [4.78, 5) is 10.2. The van der Waals surface area contributed by atoms with Gasteiger partial charge in [-0.1, -0.05) is 66.5 Å². The SMILES string of the molecule is C=C(/N=C(\N=C(/N)C1CC2(C)CC(CC1C)C2)C(CCCC)CCCOC)c1ccc(C(C)CCC)cc1O. The number of benzene rings is 1. The Labute approximate surface area is 238 Å². The second kappa shape index (κ2) is 14.5. The molecule has 3 saturated carbocycles. The summed E-state index contributed by atoms with van der Waals surface area (Å²) in [6.45, 7) is 16.4. The molecular weight excluding hydrogens is 482 g/mol. The third kappa shape index (κ3) is 8.42. The molecule has 2 bridgehead atoms. The van der Waals surface area contributed by atoms with Gasteiger partial charge in [-0.25, -0.2) is 9.98 Å². The molecule has 3 aliphatic carbocycles. The molecule has 0 heterocycles. The molecule has 1 aromatic rings. The molecule has 0 saturated heterocycles. The summed E-state index contributed by atoms with van der Waals surface area (Å²) in [5.41, 5.74) is 9.61. The molecule has 0 amide bonds. The second-order valence-electron chi connectivity index (χ2n) is 13.0. The predicted molar refractivity (Wildman–Crippen MR) is 166 cm³/mol. The molecule has 0 spiro atoms. The minimum absolute atomic E-state index is 0.173. The van der Waals surface area contributed by atoms with E-state index in [0.717, 1.165) is 74.5 Å². The van der Waals surface area contributed by atoms with Crippen LogP contribution in [0.1, 0.15) is 122 Å². The lowest BCUT2D eigenvalue weighted by Crippen LogP contribution is -2.36. The van der Waals surface area contributed by atoms with Crippen molar-refractivity contribution in [3.63, 3.8) is 0 Å². The zero-order valence-electron chi connectivity index (χ0n) is 25.6. The van der Waals surface area contributed by atoms with E-state index in [4.69, 9.17) is 20.5 Å². The van der Waals surface area contributed by atoms with Crippen LogP contribution in [0.4, 0.5) is 0 Å². The zero-order chi connectivity index (χ0) is 28.6. The molecule has 3 fully saturated rings. The molecular formula is C34H55N3O2. The molecule has 4 atom stereocenters. The first kappa shape index (κ1) is 31.4. The fourth-order valence-corrected chi connectivity index (χ4v) is 7.13. The number of methoxy groups -OCH3 is 1. The predicted octanol–water partition coefficient (Wildman–Crippen LogP) is 8.72. The summed E-state index contributed by atoms with van der Waals surface area (Å²) in [6, 6.07) is 5.93. The molecule has 0 radical (unpaired) electrons. The van der Waals surface area contributed by atoms with Crippen molar-refractivity contribution in [2.45, 2.75) is 111 Å². The Bertz CT molecular complexity index is 1010. The van der Waals surface area contributed by atoms with E-state index in [1.54, 1.807) is 7.11 Å². The monoisotopic (exact) mass is 537 g/mol. The molecule has 4 rings (SSSR count). The molecule has 218 valence electrons. The van der Waals surface area contributed by atoms with E-state index >= 15 is 0 Å². The number of fused-ring (bicyclic) bond motifs is 3. The number of nitrogens with two attached hydrogens (primary N) is 1. The smallest absolute Gasteiger partial charge is 0.134 e. The van der Waals surface area contributed by atoms with Crippen LogP contribution in [-0.2, 0) is 4.74 Å². The van der Waals surface area contributed by atoms with Crippen molar-refractivity contribution < 1.29 is 9.84 Å². The first-order chi connectivity index (χ1) is 18.6. The Morgan fingerprint density at radius 2 is 1.85 bits per heavy atom. The van der Waals surface area contributed by atoms with Crippen molar-refractivity contribution in [2.24, 2.45) is 44.8 Å². The van der Waals surface area contributed by atoms with Crippen LogP contribution in [0.2, 0.25) is 0 Å². The highest BCUT2D eigenvalue weighted by Crippen LogP contribution is 2.56. The fraction of sp³-hybridized carbons (Fsp3) is 0.706. The Morgan fingerprint density at radius 3 is 2.49 bits per heavy atom. The Balaban J connectivity index is 1.96. The normalized spacial score (nSPS) is 27.0. The van der Waals surface area contributed by atoms with E-state index in [-0.39, 0.29) is 17.6 Å². The van der Waals surface area contributed by atoms with E-state index in [0.29, 0.717) is 35.1 Å². The first-order valence-electron chi connectivity index (χ1n) is 15.5. The third-order valence-electron chi connectivity index (χ3n) is 9.34. The van der Waals surface area contributed by atoms with Gasteiger partial charge in [0.2, 0.25) is 0 Å². The van der Waals surface area contributed by atoms with Gasteiger partial charge < -0.3 is 15.6 Å². The number of unbranched alkanes of at least 4 members (excludes halogenated alkanes) is 1. The van der Waals surface area contributed by atoms with Crippen LogP contribution < -0.4 is 5.73 Å². The number of rotatable bonds is 14. The number of aliphatic imine (C=N–C) groups is 2. The fourth-order valence-electron chi connectivity index (χ4n) is 7.13. The van der Waals surface area contributed by atoms with Gasteiger partial charge in [-0.2, -0.15) is 0 Å². The molecule has 0 aliphatic heterocycles. The second-order valence-corrected chi connectivity index (χ2v) is 13.0. The number of phenols is 1. The van der Waals surface area contributed by atoms with Crippen molar-refractivity contribution in [3.05, 3.63) is 35.9 Å². The van der Waals surface area contributed by atoms with Gasteiger partial charge in [0, 0.05) is 31.1 Å². The minimum Gasteiger partial charge on any atom is -0.507 e. The number of amidine groups is 2. The van der Waals surface area contributed by atoms with Crippen molar-refractivity contribution in [2.75, 3.05) is 13.7 Å². The van der Waals surface area contributed by atoms with E-state index < -0.39 is 0 Å². The van der Waals surface area contributed by atoms with E-state index in [9.17, 15) is 5.11 Å². The van der Waals surface area contributed by atoms with Crippen LogP contribution in [0.5, 0.6) is 5.75 Å². The molecule has 5 heteroatoms. The third-order valence-corrected chi connectivity index (χ3v) is 9.34. The quantitative estimate of drug-likeness (QED) is 0.141. The summed E-state index contributed by atoms with van der Waals surface area (Å²) in [5, 5.41) is 11.0. The summed E-state index contributed by atoms with van der Waals surface area (Å²) in [7, 11) is 1.75. The average molecular weight is 538 g/mol. The topological polar surface area (TPSA) is 80.2 Å². The van der Waals surface area contributed by atoms with Gasteiger partial charge in [0.15, 0.2) is 0 Å². The molecule has 4 unspecified atom stereocenters. The number of hydrogen-bond acceptors (Lipinski definition) is 3. The standard InChI is InChI=1S/C34H55N3O2/c1-8-10-13-27(14-11-17-39-7)33(37-32(35)30-22-34(6)20-26(21-34)18-24(30)4)36-25(5)29-16-15-28(19-31(29)38)23(3)12-9-2/h15-16,19,23-24,26-27,30,38H,5,8-14,17-18,20-22H2,1-4,6-7H3,(H2,35,36,37). The first-order valence-corrected chi connectivity index (χ1v) is 15.5. The highest BCUT2D eigenvalue weighted by Gasteiger charge is 2.47. The number of phenolic OH excluding ortho intramolecular Hbond substituents is 1. The lowest BCUT2D eigenvalue weighted by molar-refractivity contribution is 0.0772. The van der Waals surface area contributed by atoms with Crippen LogP contribution in [0, 0.1) is 29.1 Å². The number of aromatic hydroxyl groups is 1. The van der Waals surface area contributed by atoms with Gasteiger partial charge >= 0.3 is 0 Å². The zero-order valence-corrected chi connectivity index (χ0v) is 25.6. The maximum atomic E-state index is 11.0.